The molecule has 1 saturated carbocycles. The van der Waals surface area contributed by atoms with Gasteiger partial charge in [0, 0.05) is 49.8 Å². The predicted octanol–water partition coefficient (Wildman–Crippen LogP) is 5.66. The van der Waals surface area contributed by atoms with Crippen LogP contribution in [0.5, 0.6) is 5.75 Å². The van der Waals surface area contributed by atoms with E-state index in [-0.39, 0.29) is 23.7 Å². The number of rotatable bonds is 11. The SMILES string of the molecule is CCOCCN(C)C(=O)c1ccc(COc2ccc(C)cc2-c2csc(N3CC4CC[C@@H](C3)C4C(=O)O)n2)c(C)c1. The van der Waals surface area contributed by atoms with Crippen LogP contribution in [0, 0.1) is 31.6 Å². The third-order valence-electron chi connectivity index (χ3n) is 8.39. The van der Waals surface area contributed by atoms with Crippen LogP contribution < -0.4 is 9.64 Å². The highest BCUT2D eigenvalue weighted by atomic mass is 32.1. The molecule has 0 radical (unpaired) electrons. The van der Waals surface area contributed by atoms with Crippen LogP contribution in [0.1, 0.15) is 46.8 Å². The molecule has 1 amide bonds. The largest absolute Gasteiger partial charge is 0.488 e. The number of thiazole rings is 1. The Kier molecular flexibility index (Phi) is 8.94. The molecule has 1 aliphatic carbocycles. The van der Waals surface area contributed by atoms with Gasteiger partial charge in [0.05, 0.1) is 18.2 Å². The lowest BCUT2D eigenvalue weighted by molar-refractivity contribution is -0.144. The fourth-order valence-corrected chi connectivity index (χ4v) is 6.95. The van der Waals surface area contributed by atoms with Gasteiger partial charge < -0.3 is 24.4 Å². The molecule has 2 bridgehead atoms. The molecule has 2 aliphatic rings. The average Bonchev–Trinajstić information content (AvgIpc) is 3.55. The number of amides is 1. The lowest BCUT2D eigenvalue weighted by Gasteiger charge is -2.35. The number of aryl methyl sites for hydroxylation is 2. The van der Waals surface area contributed by atoms with Crippen LogP contribution in [0.4, 0.5) is 5.13 Å². The number of benzene rings is 2. The zero-order valence-corrected chi connectivity index (χ0v) is 25.1. The molecule has 8 nitrogen and oxygen atoms in total. The molecule has 3 aromatic rings. The van der Waals surface area contributed by atoms with E-state index in [0.717, 1.165) is 64.8 Å². The van der Waals surface area contributed by atoms with Gasteiger partial charge in [0.15, 0.2) is 5.13 Å². The maximum atomic E-state index is 12.8. The number of hydrogen-bond donors (Lipinski definition) is 1. The Hall–Kier alpha value is -3.43. The Bertz CT molecular complexity index is 1390. The molecule has 9 heteroatoms. The number of carbonyl (C=O) groups excluding carboxylic acids is 1. The number of aliphatic carboxylic acids is 1. The molecule has 2 unspecified atom stereocenters. The normalized spacial score (nSPS) is 19.8. The fraction of sp³-hybridized carbons (Fsp3) is 0.469. The number of carboxylic acids is 1. The summed E-state index contributed by atoms with van der Waals surface area (Å²) in [6.07, 6.45) is 1.96. The van der Waals surface area contributed by atoms with Crippen molar-refractivity contribution in [3.63, 3.8) is 0 Å². The number of carboxylic acid groups (broad SMARTS) is 1. The highest BCUT2D eigenvalue weighted by Gasteiger charge is 2.46. The quantitative estimate of drug-likeness (QED) is 0.294. The van der Waals surface area contributed by atoms with Crippen LogP contribution >= 0.6 is 11.3 Å². The number of aromatic nitrogens is 1. The molecule has 1 N–H and O–H groups in total. The van der Waals surface area contributed by atoms with Gasteiger partial charge >= 0.3 is 5.97 Å². The zero-order chi connectivity index (χ0) is 29.1. The summed E-state index contributed by atoms with van der Waals surface area (Å²) < 4.78 is 11.7. The number of nitrogens with zero attached hydrogens (tertiary/aromatic N) is 3. The summed E-state index contributed by atoms with van der Waals surface area (Å²) in [5, 5.41) is 12.7. The first-order chi connectivity index (χ1) is 19.7. The van der Waals surface area contributed by atoms with Crippen molar-refractivity contribution in [2.75, 3.05) is 44.8 Å². The molecular formula is C32H39N3O5S. The van der Waals surface area contributed by atoms with Crippen LogP contribution in [0.2, 0.25) is 0 Å². The average molecular weight is 578 g/mol. The van der Waals surface area contributed by atoms with Gasteiger partial charge in [-0.25, -0.2) is 4.98 Å². The lowest BCUT2D eigenvalue weighted by atomic mass is 9.85. The molecule has 3 atom stereocenters. The highest BCUT2D eigenvalue weighted by Crippen LogP contribution is 2.44. The fourth-order valence-electron chi connectivity index (χ4n) is 6.10. The van der Waals surface area contributed by atoms with E-state index in [9.17, 15) is 14.7 Å². The smallest absolute Gasteiger partial charge is 0.307 e. The molecule has 5 rings (SSSR count). The van der Waals surface area contributed by atoms with Gasteiger partial charge in [0.25, 0.3) is 5.91 Å². The van der Waals surface area contributed by atoms with E-state index in [4.69, 9.17) is 14.5 Å². The van der Waals surface area contributed by atoms with Gasteiger partial charge in [0.2, 0.25) is 0 Å². The summed E-state index contributed by atoms with van der Waals surface area (Å²) in [4.78, 5) is 33.5. The molecule has 0 spiro atoms. The van der Waals surface area contributed by atoms with Crippen LogP contribution in [0.3, 0.4) is 0 Å². The maximum absolute atomic E-state index is 12.8. The summed E-state index contributed by atoms with van der Waals surface area (Å²) in [7, 11) is 1.79. The van der Waals surface area contributed by atoms with Crippen molar-refractivity contribution < 1.29 is 24.2 Å². The number of anilines is 1. The standard InChI is InChI=1S/C32H39N3O5S/c1-5-39-13-12-34(4)30(36)22-7-10-25(21(3)15-22)18-40-28-11-6-20(2)14-26(28)27-19-41-32(33-27)35-16-23-8-9-24(17-35)29(23)31(37)38/h6-7,10-11,14-15,19,23-24,29H,5,8-9,12-13,16-18H2,1-4H3,(H,37,38)/t23-,24?,29?/m0/s1. The van der Waals surface area contributed by atoms with E-state index in [2.05, 4.69) is 23.3 Å². The minimum absolute atomic E-state index is 0.0272. The Labute approximate surface area is 245 Å². The van der Waals surface area contributed by atoms with Crippen molar-refractivity contribution in [2.45, 2.75) is 40.2 Å². The van der Waals surface area contributed by atoms with E-state index < -0.39 is 5.97 Å². The molecular weight excluding hydrogens is 538 g/mol. The van der Waals surface area contributed by atoms with Gasteiger partial charge in [-0.05, 0) is 80.8 Å². The van der Waals surface area contributed by atoms with Crippen molar-refractivity contribution in [1.82, 2.24) is 9.88 Å². The Morgan fingerprint density at radius 2 is 1.88 bits per heavy atom. The minimum atomic E-state index is -0.653. The van der Waals surface area contributed by atoms with Crippen molar-refractivity contribution in [1.29, 1.82) is 0 Å². The number of carbonyl (C=O) groups is 2. The minimum Gasteiger partial charge on any atom is -0.488 e. The van der Waals surface area contributed by atoms with E-state index in [1.165, 1.54) is 0 Å². The predicted molar refractivity (Wildman–Crippen MR) is 161 cm³/mol. The van der Waals surface area contributed by atoms with E-state index >= 15 is 0 Å². The summed E-state index contributed by atoms with van der Waals surface area (Å²) in [5.74, 6) is 0.237. The van der Waals surface area contributed by atoms with E-state index in [1.807, 2.05) is 44.2 Å². The molecule has 41 heavy (non-hydrogen) atoms. The molecule has 2 fully saturated rings. The molecule has 218 valence electrons. The summed E-state index contributed by atoms with van der Waals surface area (Å²) in [6, 6.07) is 11.9. The molecule has 2 aromatic carbocycles. The monoisotopic (exact) mass is 577 g/mol. The van der Waals surface area contributed by atoms with Gasteiger partial charge in [-0.2, -0.15) is 0 Å². The second-order valence-electron chi connectivity index (χ2n) is 11.2. The van der Waals surface area contributed by atoms with Crippen molar-refractivity contribution >= 4 is 28.3 Å². The third kappa shape index (κ3) is 6.41. The van der Waals surface area contributed by atoms with Crippen LogP contribution in [0.15, 0.2) is 41.8 Å². The number of likely N-dealkylation sites (N-methyl/N-ethyl adjacent to an activating group) is 1. The Balaban J connectivity index is 1.27. The third-order valence-corrected chi connectivity index (χ3v) is 9.29. The van der Waals surface area contributed by atoms with Crippen LogP contribution in [-0.2, 0) is 16.1 Å². The van der Waals surface area contributed by atoms with Gasteiger partial charge in [-0.3, -0.25) is 9.59 Å². The molecule has 1 aliphatic heterocycles. The molecule has 1 aromatic heterocycles. The lowest BCUT2D eigenvalue weighted by Crippen LogP contribution is -2.44. The van der Waals surface area contributed by atoms with Gasteiger partial charge in [-0.15, -0.1) is 11.3 Å². The summed E-state index contributed by atoms with van der Waals surface area (Å²) in [6.45, 7) is 9.57. The number of ether oxygens (including phenoxy) is 2. The summed E-state index contributed by atoms with van der Waals surface area (Å²) in [5.41, 5.74) is 5.59. The van der Waals surface area contributed by atoms with Gasteiger partial charge in [0.1, 0.15) is 12.4 Å². The molecule has 1 saturated heterocycles. The van der Waals surface area contributed by atoms with Crippen molar-refractivity contribution in [3.8, 4) is 17.0 Å². The first kappa shape index (κ1) is 29.1. The topological polar surface area (TPSA) is 92.2 Å². The Morgan fingerprint density at radius 3 is 2.56 bits per heavy atom. The molecule has 2 heterocycles. The Morgan fingerprint density at radius 1 is 1.12 bits per heavy atom. The first-order valence-corrected chi connectivity index (χ1v) is 15.2. The van der Waals surface area contributed by atoms with Gasteiger partial charge in [-0.1, -0.05) is 17.7 Å². The van der Waals surface area contributed by atoms with E-state index in [0.29, 0.717) is 31.9 Å². The zero-order valence-electron chi connectivity index (χ0n) is 24.3. The summed E-state index contributed by atoms with van der Waals surface area (Å²) >= 11 is 1.60. The number of fused-ring (bicyclic) bond motifs is 2. The first-order valence-electron chi connectivity index (χ1n) is 14.3. The second kappa shape index (κ2) is 12.6. The van der Waals surface area contributed by atoms with E-state index in [1.54, 1.807) is 23.3 Å². The maximum Gasteiger partial charge on any atom is 0.307 e. The highest BCUT2D eigenvalue weighted by molar-refractivity contribution is 7.14. The van der Waals surface area contributed by atoms with Crippen LogP contribution in [-0.4, -0.2) is 66.8 Å². The number of piperidine rings is 1. The van der Waals surface area contributed by atoms with Crippen molar-refractivity contribution in [3.05, 3.63) is 64.0 Å². The second-order valence-corrected chi connectivity index (χ2v) is 12.1. The number of hydrogen-bond acceptors (Lipinski definition) is 7. The van der Waals surface area contributed by atoms with Crippen LogP contribution in [0.25, 0.3) is 11.3 Å². The van der Waals surface area contributed by atoms with Crippen molar-refractivity contribution in [2.24, 2.45) is 17.8 Å².